The summed E-state index contributed by atoms with van der Waals surface area (Å²) in [6, 6.07) is 14.3. The van der Waals surface area contributed by atoms with E-state index in [1.807, 2.05) is 29.0 Å². The van der Waals surface area contributed by atoms with Gasteiger partial charge in [0.2, 0.25) is 15.9 Å². The summed E-state index contributed by atoms with van der Waals surface area (Å²) in [6.45, 7) is 1.74. The minimum absolute atomic E-state index is 0.118. The van der Waals surface area contributed by atoms with Crippen LogP contribution < -0.4 is 5.32 Å². The summed E-state index contributed by atoms with van der Waals surface area (Å²) < 4.78 is 29.2. The van der Waals surface area contributed by atoms with Crippen molar-refractivity contribution in [2.75, 3.05) is 13.1 Å². The third kappa shape index (κ3) is 4.53. The number of halogens is 1. The predicted molar refractivity (Wildman–Crippen MR) is 118 cm³/mol. The van der Waals surface area contributed by atoms with Gasteiger partial charge in [0.1, 0.15) is 6.54 Å². The zero-order chi connectivity index (χ0) is 21.1. The van der Waals surface area contributed by atoms with Crippen LogP contribution >= 0.6 is 11.6 Å². The molecule has 8 heteroatoms. The second kappa shape index (κ2) is 8.79. The maximum Gasteiger partial charge on any atom is 0.243 e. The molecule has 30 heavy (non-hydrogen) atoms. The van der Waals surface area contributed by atoms with Crippen LogP contribution in [0.25, 0.3) is 10.9 Å². The zero-order valence-electron chi connectivity index (χ0n) is 16.6. The lowest BCUT2D eigenvalue weighted by molar-refractivity contribution is -0.121. The molecule has 0 bridgehead atoms. The van der Waals surface area contributed by atoms with Crippen LogP contribution in [0.5, 0.6) is 0 Å². The molecule has 0 saturated carbocycles. The van der Waals surface area contributed by atoms with Crippen LogP contribution in [0.1, 0.15) is 24.8 Å². The third-order valence-electron chi connectivity index (χ3n) is 5.41. The number of sulfonamides is 1. The number of rotatable bonds is 6. The lowest BCUT2D eigenvalue weighted by atomic mass is 10.2. The standard InChI is InChI=1S/C22H24ClN3O3S/c23-19-6-4-17(5-7-19)15-24-22(27)16-25-13-10-18-14-20(8-9-21(18)25)30(28,29)26-11-2-1-3-12-26/h4-10,13-14H,1-3,11-12,15-16H2,(H,24,27). The third-order valence-corrected chi connectivity index (χ3v) is 7.56. The molecule has 158 valence electrons. The van der Waals surface area contributed by atoms with Gasteiger partial charge < -0.3 is 9.88 Å². The van der Waals surface area contributed by atoms with E-state index in [1.54, 1.807) is 34.6 Å². The summed E-state index contributed by atoms with van der Waals surface area (Å²) >= 11 is 5.88. The SMILES string of the molecule is O=C(Cn1ccc2cc(S(=O)(=O)N3CCCCC3)ccc21)NCc1ccc(Cl)cc1. The number of hydrogen-bond donors (Lipinski definition) is 1. The van der Waals surface area contributed by atoms with Crippen molar-refractivity contribution in [3.05, 3.63) is 65.3 Å². The number of benzene rings is 2. The highest BCUT2D eigenvalue weighted by molar-refractivity contribution is 7.89. The molecule has 1 aliphatic rings. The van der Waals surface area contributed by atoms with E-state index in [0.717, 1.165) is 35.7 Å². The van der Waals surface area contributed by atoms with Gasteiger partial charge in [-0.15, -0.1) is 0 Å². The quantitative estimate of drug-likeness (QED) is 0.627. The van der Waals surface area contributed by atoms with E-state index in [0.29, 0.717) is 29.6 Å². The van der Waals surface area contributed by atoms with Crippen molar-refractivity contribution in [3.8, 4) is 0 Å². The first kappa shape index (κ1) is 20.9. The molecule has 0 aliphatic carbocycles. The van der Waals surface area contributed by atoms with Crippen molar-refractivity contribution in [1.29, 1.82) is 0 Å². The van der Waals surface area contributed by atoms with Crippen LogP contribution in [0.2, 0.25) is 5.02 Å². The molecule has 1 aromatic heterocycles. The van der Waals surface area contributed by atoms with Gasteiger partial charge in [0.05, 0.1) is 4.90 Å². The lowest BCUT2D eigenvalue weighted by Crippen LogP contribution is -2.35. The van der Waals surface area contributed by atoms with Crippen molar-refractivity contribution < 1.29 is 13.2 Å². The van der Waals surface area contributed by atoms with Crippen LogP contribution in [0.4, 0.5) is 0 Å². The highest BCUT2D eigenvalue weighted by Gasteiger charge is 2.26. The van der Waals surface area contributed by atoms with Gasteiger partial charge >= 0.3 is 0 Å². The number of nitrogens with zero attached hydrogens (tertiary/aromatic N) is 2. The van der Waals surface area contributed by atoms with E-state index in [2.05, 4.69) is 5.32 Å². The van der Waals surface area contributed by atoms with Gasteiger partial charge in [-0.1, -0.05) is 30.2 Å². The minimum Gasteiger partial charge on any atom is -0.350 e. The first-order valence-electron chi connectivity index (χ1n) is 10.0. The van der Waals surface area contributed by atoms with Crippen LogP contribution in [-0.2, 0) is 27.9 Å². The Labute approximate surface area is 181 Å². The van der Waals surface area contributed by atoms with Crippen molar-refractivity contribution in [2.24, 2.45) is 0 Å². The number of carbonyl (C=O) groups is 1. The van der Waals surface area contributed by atoms with E-state index in [9.17, 15) is 13.2 Å². The number of piperidine rings is 1. The Morgan fingerprint density at radius 1 is 1.00 bits per heavy atom. The van der Waals surface area contributed by atoms with Crippen molar-refractivity contribution in [3.63, 3.8) is 0 Å². The van der Waals surface area contributed by atoms with Gasteiger partial charge in [0, 0.05) is 41.8 Å². The van der Waals surface area contributed by atoms with E-state index in [4.69, 9.17) is 11.6 Å². The molecule has 1 fully saturated rings. The molecular formula is C22H24ClN3O3S. The first-order valence-corrected chi connectivity index (χ1v) is 11.9. The van der Waals surface area contributed by atoms with E-state index < -0.39 is 10.0 Å². The van der Waals surface area contributed by atoms with Crippen LogP contribution in [0.3, 0.4) is 0 Å². The molecule has 2 aromatic carbocycles. The normalized spacial score (nSPS) is 15.4. The molecule has 3 aromatic rings. The van der Waals surface area contributed by atoms with Gasteiger partial charge in [-0.25, -0.2) is 8.42 Å². The maximum absolute atomic E-state index is 12.9. The minimum atomic E-state index is -3.47. The lowest BCUT2D eigenvalue weighted by Gasteiger charge is -2.25. The highest BCUT2D eigenvalue weighted by atomic mass is 35.5. The Balaban J connectivity index is 1.45. The van der Waals surface area contributed by atoms with Crippen LogP contribution in [-0.4, -0.2) is 36.3 Å². The number of amides is 1. The summed E-state index contributed by atoms with van der Waals surface area (Å²) in [5.41, 5.74) is 1.80. The van der Waals surface area contributed by atoms with Gasteiger partial charge in [0.25, 0.3) is 0 Å². The van der Waals surface area contributed by atoms with Crippen LogP contribution in [0.15, 0.2) is 59.6 Å². The molecule has 0 atom stereocenters. The molecule has 2 heterocycles. The Morgan fingerprint density at radius 2 is 1.73 bits per heavy atom. The number of carbonyl (C=O) groups excluding carboxylic acids is 1. The molecule has 0 radical (unpaired) electrons. The topological polar surface area (TPSA) is 71.4 Å². The summed E-state index contributed by atoms with van der Waals surface area (Å²) in [5.74, 6) is -0.118. The second-order valence-electron chi connectivity index (χ2n) is 7.53. The van der Waals surface area contributed by atoms with Crippen molar-refractivity contribution >= 4 is 38.4 Å². The van der Waals surface area contributed by atoms with Gasteiger partial charge in [-0.3, -0.25) is 4.79 Å². The maximum atomic E-state index is 12.9. The van der Waals surface area contributed by atoms with E-state index >= 15 is 0 Å². The van der Waals surface area contributed by atoms with E-state index in [1.165, 1.54) is 0 Å². The molecule has 1 aliphatic heterocycles. The fraction of sp³-hybridized carbons (Fsp3) is 0.318. The summed E-state index contributed by atoms with van der Waals surface area (Å²) in [5, 5.41) is 4.36. The summed E-state index contributed by atoms with van der Waals surface area (Å²) in [6.07, 6.45) is 4.70. The molecule has 1 amide bonds. The molecule has 6 nitrogen and oxygen atoms in total. The van der Waals surface area contributed by atoms with Crippen molar-refractivity contribution in [2.45, 2.75) is 37.2 Å². The fourth-order valence-corrected chi connectivity index (χ4v) is 5.42. The monoisotopic (exact) mass is 445 g/mol. The Morgan fingerprint density at radius 3 is 2.47 bits per heavy atom. The van der Waals surface area contributed by atoms with Gasteiger partial charge in [-0.2, -0.15) is 4.31 Å². The highest BCUT2D eigenvalue weighted by Crippen LogP contribution is 2.25. The number of hydrogen-bond acceptors (Lipinski definition) is 3. The molecule has 1 saturated heterocycles. The summed E-state index contributed by atoms with van der Waals surface area (Å²) in [4.78, 5) is 12.7. The average Bonchev–Trinajstić information content (AvgIpc) is 3.16. The van der Waals surface area contributed by atoms with Crippen LogP contribution in [0, 0.1) is 0 Å². The van der Waals surface area contributed by atoms with Gasteiger partial charge in [-0.05, 0) is 54.8 Å². The fourth-order valence-electron chi connectivity index (χ4n) is 3.74. The molecule has 1 N–H and O–H groups in total. The molecule has 0 spiro atoms. The Bertz CT molecular complexity index is 1150. The summed E-state index contributed by atoms with van der Waals surface area (Å²) in [7, 11) is -3.47. The first-order chi connectivity index (χ1) is 14.4. The smallest absolute Gasteiger partial charge is 0.243 e. The number of fused-ring (bicyclic) bond motifs is 1. The molecule has 0 unspecified atom stereocenters. The largest absolute Gasteiger partial charge is 0.350 e. The Hall–Kier alpha value is -2.35. The molecular weight excluding hydrogens is 422 g/mol. The predicted octanol–water partition coefficient (Wildman–Crippen LogP) is 3.79. The number of nitrogens with one attached hydrogen (secondary N) is 1. The van der Waals surface area contributed by atoms with Gasteiger partial charge in [0.15, 0.2) is 0 Å². The van der Waals surface area contributed by atoms with Crippen molar-refractivity contribution in [1.82, 2.24) is 14.2 Å². The average molecular weight is 446 g/mol. The Kier molecular flexibility index (Phi) is 6.13. The second-order valence-corrected chi connectivity index (χ2v) is 9.91. The van der Waals surface area contributed by atoms with E-state index in [-0.39, 0.29) is 12.5 Å². The molecule has 4 rings (SSSR count). The number of aromatic nitrogens is 1. The zero-order valence-corrected chi connectivity index (χ0v) is 18.1.